The Hall–Kier alpha value is -0.730. The van der Waals surface area contributed by atoms with E-state index in [4.69, 9.17) is 5.73 Å². The van der Waals surface area contributed by atoms with Gasteiger partial charge in [0.15, 0.2) is 0 Å². The Balaban J connectivity index is 2.39. The van der Waals surface area contributed by atoms with Crippen LogP contribution >= 0.6 is 15.9 Å². The topological polar surface area (TPSA) is 101 Å². The lowest BCUT2D eigenvalue weighted by Gasteiger charge is -2.49. The van der Waals surface area contributed by atoms with Crippen LogP contribution in [0.2, 0.25) is 0 Å². The van der Waals surface area contributed by atoms with E-state index >= 15 is 0 Å². The zero-order chi connectivity index (χ0) is 15.2. The van der Waals surface area contributed by atoms with Crippen LogP contribution in [0.4, 0.5) is 0 Å². The number of allylic oxidation sites excluding steroid dienone is 1. The summed E-state index contributed by atoms with van der Waals surface area (Å²) in [5.74, 6) is -0.879. The molecule has 6 nitrogen and oxygen atoms in total. The number of nitrogens with two attached hydrogens (primary N) is 1. The van der Waals surface area contributed by atoms with Crippen LogP contribution in [0.15, 0.2) is 11.3 Å². The van der Waals surface area contributed by atoms with Gasteiger partial charge in [0.25, 0.3) is 0 Å². The number of amides is 1. The summed E-state index contributed by atoms with van der Waals surface area (Å²) in [6.45, 7) is 3.22. The largest absolute Gasteiger partial charge is 0.481 e. The van der Waals surface area contributed by atoms with E-state index < -0.39 is 33.6 Å². The molecular formula is C12H17BrN2O4S. The van der Waals surface area contributed by atoms with Crippen molar-refractivity contribution < 1.29 is 18.9 Å². The fourth-order valence-electron chi connectivity index (χ4n) is 2.38. The standard InChI is InChI=1S/C12H17BrN2O4S/c1-12(2,11(17)18)3-7-6(4-13)5-20(19)10-8(14)9(16)15(7)10/h8,10H,3-5,14H2,1-2H3,(H,17,18)/t8?,10-,20?/m0/s1. The van der Waals surface area contributed by atoms with Crippen molar-refractivity contribution in [2.24, 2.45) is 11.1 Å². The summed E-state index contributed by atoms with van der Waals surface area (Å²) in [4.78, 5) is 24.7. The molecule has 2 aliphatic rings. The lowest BCUT2D eigenvalue weighted by atomic mass is 9.85. The first-order valence-electron chi connectivity index (χ1n) is 6.17. The molecule has 2 heterocycles. The summed E-state index contributed by atoms with van der Waals surface area (Å²) in [5.41, 5.74) is 6.18. The molecule has 112 valence electrons. The third-order valence-corrected chi connectivity index (χ3v) is 6.07. The SMILES string of the molecule is CC(C)(CC1=C(CBr)CS(=O)[C@H]2C(N)C(=O)N12)C(=O)O. The van der Waals surface area contributed by atoms with Crippen LogP contribution in [0.3, 0.4) is 0 Å². The fraction of sp³-hybridized carbons (Fsp3) is 0.667. The van der Waals surface area contributed by atoms with Crippen molar-refractivity contribution in [3.8, 4) is 0 Å². The molecule has 0 aromatic rings. The highest BCUT2D eigenvalue weighted by Gasteiger charge is 2.53. The Labute approximate surface area is 128 Å². The van der Waals surface area contributed by atoms with Gasteiger partial charge in [0.2, 0.25) is 5.91 Å². The number of carboxylic acids is 1. The van der Waals surface area contributed by atoms with E-state index in [1.165, 1.54) is 4.90 Å². The van der Waals surface area contributed by atoms with Gasteiger partial charge in [-0.3, -0.25) is 18.7 Å². The molecule has 0 saturated carbocycles. The molecule has 0 spiro atoms. The molecule has 2 rings (SSSR count). The van der Waals surface area contributed by atoms with E-state index in [1.807, 2.05) is 0 Å². The molecule has 1 amide bonds. The van der Waals surface area contributed by atoms with Crippen LogP contribution in [0.1, 0.15) is 20.3 Å². The lowest BCUT2D eigenvalue weighted by Crippen LogP contribution is -2.71. The molecule has 0 aromatic heterocycles. The number of alkyl halides is 1. The Morgan fingerprint density at radius 1 is 1.60 bits per heavy atom. The van der Waals surface area contributed by atoms with Gasteiger partial charge in [-0.05, 0) is 19.4 Å². The Morgan fingerprint density at radius 3 is 2.70 bits per heavy atom. The average molecular weight is 365 g/mol. The third kappa shape index (κ3) is 2.33. The molecule has 8 heteroatoms. The van der Waals surface area contributed by atoms with Gasteiger partial charge in [0.05, 0.1) is 16.2 Å². The second-order valence-corrected chi connectivity index (χ2v) is 7.79. The summed E-state index contributed by atoms with van der Waals surface area (Å²) >= 11 is 3.32. The van der Waals surface area contributed by atoms with E-state index in [0.717, 1.165) is 5.57 Å². The zero-order valence-electron chi connectivity index (χ0n) is 11.3. The van der Waals surface area contributed by atoms with Crippen molar-refractivity contribution in [1.82, 2.24) is 4.90 Å². The number of rotatable bonds is 4. The number of carboxylic acid groups (broad SMARTS) is 1. The highest BCUT2D eigenvalue weighted by molar-refractivity contribution is 9.09. The molecule has 20 heavy (non-hydrogen) atoms. The van der Waals surface area contributed by atoms with Crippen molar-refractivity contribution in [1.29, 1.82) is 0 Å². The zero-order valence-corrected chi connectivity index (χ0v) is 13.7. The minimum Gasteiger partial charge on any atom is -0.481 e. The Morgan fingerprint density at radius 2 is 2.20 bits per heavy atom. The smallest absolute Gasteiger partial charge is 0.309 e. The van der Waals surface area contributed by atoms with Crippen molar-refractivity contribution in [3.05, 3.63) is 11.3 Å². The van der Waals surface area contributed by atoms with Gasteiger partial charge in [-0.1, -0.05) is 15.9 Å². The van der Waals surface area contributed by atoms with Crippen molar-refractivity contribution >= 4 is 38.6 Å². The fourth-order valence-corrected chi connectivity index (χ4v) is 4.86. The summed E-state index contributed by atoms with van der Waals surface area (Å²) < 4.78 is 12.1. The first-order chi connectivity index (χ1) is 9.20. The molecule has 2 aliphatic heterocycles. The molecule has 1 saturated heterocycles. The van der Waals surface area contributed by atoms with E-state index in [-0.39, 0.29) is 12.3 Å². The Bertz CT molecular complexity index is 532. The number of halogens is 1. The molecule has 2 unspecified atom stereocenters. The predicted octanol–water partition coefficient (Wildman–Crippen LogP) is 0.394. The van der Waals surface area contributed by atoms with Crippen LogP contribution in [-0.2, 0) is 20.4 Å². The minimum atomic E-state index is -1.22. The van der Waals surface area contributed by atoms with Crippen LogP contribution in [0.5, 0.6) is 0 Å². The molecule has 0 radical (unpaired) electrons. The molecule has 3 atom stereocenters. The van der Waals surface area contributed by atoms with Crippen LogP contribution in [-0.4, -0.2) is 48.6 Å². The summed E-state index contributed by atoms with van der Waals surface area (Å²) in [5, 5.41) is 9.21. The quantitative estimate of drug-likeness (QED) is 0.555. The second kappa shape index (κ2) is 5.23. The molecule has 0 bridgehead atoms. The number of fused-ring (bicyclic) bond motifs is 1. The summed E-state index contributed by atoms with van der Waals surface area (Å²) in [6.07, 6.45) is 0.218. The maximum Gasteiger partial charge on any atom is 0.309 e. The number of hydrogen-bond acceptors (Lipinski definition) is 4. The average Bonchev–Trinajstić information content (AvgIpc) is 2.38. The molecule has 0 aliphatic carbocycles. The van der Waals surface area contributed by atoms with E-state index in [0.29, 0.717) is 16.8 Å². The predicted molar refractivity (Wildman–Crippen MR) is 78.5 cm³/mol. The van der Waals surface area contributed by atoms with E-state index in [9.17, 15) is 18.9 Å². The van der Waals surface area contributed by atoms with Crippen molar-refractivity contribution in [2.75, 3.05) is 11.1 Å². The summed E-state index contributed by atoms with van der Waals surface area (Å²) in [6, 6.07) is -0.740. The van der Waals surface area contributed by atoms with Crippen LogP contribution in [0, 0.1) is 5.41 Å². The molecule has 1 fully saturated rings. The molecule has 3 N–H and O–H groups in total. The van der Waals surface area contributed by atoms with Gasteiger partial charge in [-0.15, -0.1) is 0 Å². The highest BCUT2D eigenvalue weighted by atomic mass is 79.9. The second-order valence-electron chi connectivity index (χ2n) is 5.70. The van der Waals surface area contributed by atoms with Crippen molar-refractivity contribution in [3.63, 3.8) is 0 Å². The Kier molecular flexibility index (Phi) is 4.10. The molecule has 0 aromatic carbocycles. The summed E-state index contributed by atoms with van der Waals surface area (Å²) in [7, 11) is -1.22. The van der Waals surface area contributed by atoms with Gasteiger partial charge in [0, 0.05) is 23.2 Å². The highest BCUT2D eigenvalue weighted by Crippen LogP contribution is 2.39. The maximum absolute atomic E-state index is 12.1. The van der Waals surface area contributed by atoms with Gasteiger partial charge < -0.3 is 10.8 Å². The van der Waals surface area contributed by atoms with Crippen LogP contribution < -0.4 is 5.73 Å². The minimum absolute atomic E-state index is 0.218. The first-order valence-corrected chi connectivity index (χ1v) is 8.67. The number of carbonyl (C=O) groups is 2. The maximum atomic E-state index is 12.1. The van der Waals surface area contributed by atoms with Gasteiger partial charge in [-0.2, -0.15) is 0 Å². The normalized spacial score (nSPS) is 30.1. The van der Waals surface area contributed by atoms with Gasteiger partial charge in [-0.25, -0.2) is 0 Å². The number of β-lactam (4-membered cyclic amide) rings is 1. The third-order valence-electron chi connectivity index (χ3n) is 3.72. The number of carbonyl (C=O) groups excluding carboxylic acids is 1. The number of hydrogen-bond donors (Lipinski definition) is 2. The number of nitrogens with zero attached hydrogens (tertiary/aromatic N) is 1. The van der Waals surface area contributed by atoms with E-state index in [2.05, 4.69) is 15.9 Å². The first kappa shape index (κ1) is 15.7. The van der Waals surface area contributed by atoms with Crippen LogP contribution in [0.25, 0.3) is 0 Å². The van der Waals surface area contributed by atoms with Gasteiger partial charge >= 0.3 is 5.97 Å². The van der Waals surface area contributed by atoms with Crippen molar-refractivity contribution in [2.45, 2.75) is 31.7 Å². The number of aliphatic carboxylic acids is 1. The monoisotopic (exact) mass is 364 g/mol. The van der Waals surface area contributed by atoms with E-state index in [1.54, 1.807) is 13.8 Å². The lowest BCUT2D eigenvalue weighted by molar-refractivity contribution is -0.149. The molecular weight excluding hydrogens is 348 g/mol. The van der Waals surface area contributed by atoms with Gasteiger partial charge in [0.1, 0.15) is 11.4 Å².